The van der Waals surface area contributed by atoms with E-state index in [4.69, 9.17) is 4.74 Å². The van der Waals surface area contributed by atoms with E-state index in [-0.39, 0.29) is 12.5 Å². The number of benzene rings is 2. The maximum Gasteiger partial charge on any atom is 0.416 e. The summed E-state index contributed by atoms with van der Waals surface area (Å²) < 4.78 is 43.4. The van der Waals surface area contributed by atoms with Crippen molar-refractivity contribution in [2.75, 3.05) is 6.61 Å². The second kappa shape index (κ2) is 6.88. The second-order valence-electron chi connectivity index (χ2n) is 7.12. The summed E-state index contributed by atoms with van der Waals surface area (Å²) in [6, 6.07) is 15.5. The fourth-order valence-electron chi connectivity index (χ4n) is 3.38. The zero-order valence-corrected chi connectivity index (χ0v) is 14.9. The van der Waals surface area contributed by atoms with E-state index >= 15 is 0 Å². The van der Waals surface area contributed by atoms with Gasteiger partial charge in [-0.3, -0.25) is 0 Å². The van der Waals surface area contributed by atoms with Gasteiger partial charge in [0.1, 0.15) is 6.61 Å². The number of alkyl carbamates (subject to hydrolysis) is 1. The summed E-state index contributed by atoms with van der Waals surface area (Å²) in [6.07, 6.45) is -8.56. The first kappa shape index (κ1) is 19.2. The van der Waals surface area contributed by atoms with Gasteiger partial charge in [-0.05, 0) is 36.1 Å². The molecule has 0 heterocycles. The summed E-state index contributed by atoms with van der Waals surface area (Å²) in [6.45, 7) is 2.16. The Kier molecular flexibility index (Phi) is 4.90. The summed E-state index contributed by atoms with van der Waals surface area (Å²) in [5, 5.41) is 11.5. The fraction of sp³-hybridized carbons (Fsp3) is 0.350. The molecule has 0 bridgehead atoms. The highest BCUT2D eigenvalue weighted by molar-refractivity contribution is 5.79. The number of ether oxygens (including phenoxy) is 1. The highest BCUT2D eigenvalue weighted by Gasteiger charge is 2.49. The van der Waals surface area contributed by atoms with Crippen molar-refractivity contribution < 1.29 is 27.8 Å². The molecule has 0 fully saturated rings. The van der Waals surface area contributed by atoms with E-state index in [0.717, 1.165) is 36.1 Å². The highest BCUT2D eigenvalue weighted by Crippen LogP contribution is 2.44. The van der Waals surface area contributed by atoms with E-state index < -0.39 is 23.9 Å². The minimum atomic E-state index is -4.85. The molecule has 2 aromatic rings. The summed E-state index contributed by atoms with van der Waals surface area (Å²) in [7, 11) is 0. The lowest BCUT2D eigenvalue weighted by atomic mass is 9.97. The predicted molar refractivity (Wildman–Crippen MR) is 94.3 cm³/mol. The monoisotopic (exact) mass is 379 g/mol. The number of nitrogens with one attached hydrogen (secondary N) is 1. The molecule has 1 aliphatic carbocycles. The molecule has 1 aliphatic rings. The molecule has 7 heteroatoms. The number of aliphatic hydroxyl groups excluding tert-OH is 1. The van der Waals surface area contributed by atoms with Crippen LogP contribution in [0, 0.1) is 0 Å². The van der Waals surface area contributed by atoms with Crippen molar-refractivity contribution in [2.45, 2.75) is 37.6 Å². The highest BCUT2D eigenvalue weighted by atomic mass is 19.4. The smallest absolute Gasteiger partial charge is 0.416 e. The van der Waals surface area contributed by atoms with Crippen LogP contribution in [0.5, 0.6) is 0 Å². The molecular weight excluding hydrogens is 359 g/mol. The van der Waals surface area contributed by atoms with Crippen molar-refractivity contribution in [3.8, 4) is 11.1 Å². The van der Waals surface area contributed by atoms with Crippen LogP contribution < -0.4 is 5.32 Å². The lowest BCUT2D eigenvalue weighted by molar-refractivity contribution is -0.222. The van der Waals surface area contributed by atoms with Crippen LogP contribution in [0.15, 0.2) is 48.5 Å². The molecule has 1 amide bonds. The minimum absolute atomic E-state index is 0.0158. The average molecular weight is 379 g/mol. The third-order valence-electron chi connectivity index (χ3n) is 4.76. The Balaban J connectivity index is 1.71. The van der Waals surface area contributed by atoms with Gasteiger partial charge < -0.3 is 15.2 Å². The van der Waals surface area contributed by atoms with Gasteiger partial charge in [0.15, 0.2) is 6.10 Å². The second-order valence-corrected chi connectivity index (χ2v) is 7.12. The first-order valence-corrected chi connectivity index (χ1v) is 8.49. The minimum Gasteiger partial charge on any atom is -0.449 e. The molecule has 0 radical (unpaired) electrons. The van der Waals surface area contributed by atoms with Crippen LogP contribution in [-0.2, 0) is 4.74 Å². The van der Waals surface area contributed by atoms with Gasteiger partial charge in [-0.15, -0.1) is 0 Å². The number of amides is 1. The number of rotatable bonds is 4. The van der Waals surface area contributed by atoms with Gasteiger partial charge in [-0.2, -0.15) is 13.2 Å². The van der Waals surface area contributed by atoms with Crippen LogP contribution in [0.1, 0.15) is 30.9 Å². The third kappa shape index (κ3) is 3.78. The summed E-state index contributed by atoms with van der Waals surface area (Å²) in [4.78, 5) is 12.1. The number of carbonyl (C=O) groups excluding carboxylic acids is 1. The van der Waals surface area contributed by atoms with Gasteiger partial charge >= 0.3 is 12.3 Å². The first-order chi connectivity index (χ1) is 12.6. The molecule has 0 aliphatic heterocycles. The van der Waals surface area contributed by atoms with Gasteiger partial charge in [0.05, 0.1) is 5.54 Å². The average Bonchev–Trinajstić information content (AvgIpc) is 2.92. The van der Waals surface area contributed by atoms with E-state index in [0.29, 0.717) is 0 Å². The lowest BCUT2D eigenvalue weighted by Crippen LogP contribution is -2.57. The fourth-order valence-corrected chi connectivity index (χ4v) is 3.38. The molecule has 0 spiro atoms. The van der Waals surface area contributed by atoms with Gasteiger partial charge in [0, 0.05) is 5.92 Å². The Morgan fingerprint density at radius 2 is 1.56 bits per heavy atom. The number of hydrogen-bond acceptors (Lipinski definition) is 3. The van der Waals surface area contributed by atoms with Gasteiger partial charge in [0.2, 0.25) is 0 Å². The van der Waals surface area contributed by atoms with Crippen LogP contribution in [0.2, 0.25) is 0 Å². The molecule has 1 atom stereocenters. The van der Waals surface area contributed by atoms with Crippen molar-refractivity contribution in [3.05, 3.63) is 59.7 Å². The van der Waals surface area contributed by atoms with Gasteiger partial charge in [0.25, 0.3) is 0 Å². The van der Waals surface area contributed by atoms with Crippen LogP contribution in [0.3, 0.4) is 0 Å². The topological polar surface area (TPSA) is 58.6 Å². The zero-order chi connectivity index (χ0) is 19.8. The van der Waals surface area contributed by atoms with Gasteiger partial charge in [-0.25, -0.2) is 4.79 Å². The Labute approximate surface area is 155 Å². The van der Waals surface area contributed by atoms with Crippen LogP contribution in [-0.4, -0.2) is 35.6 Å². The molecule has 2 N–H and O–H groups in total. The van der Waals surface area contributed by atoms with E-state index in [9.17, 15) is 23.1 Å². The third-order valence-corrected chi connectivity index (χ3v) is 4.76. The van der Waals surface area contributed by atoms with Gasteiger partial charge in [-0.1, -0.05) is 48.5 Å². The van der Waals surface area contributed by atoms with Crippen LogP contribution in [0.25, 0.3) is 11.1 Å². The Bertz CT molecular complexity index is 803. The normalized spacial score (nSPS) is 15.0. The number of carbonyl (C=O) groups is 1. The van der Waals surface area contributed by atoms with Crippen molar-refractivity contribution >= 4 is 6.09 Å². The predicted octanol–water partition coefficient (Wildman–Crippen LogP) is 4.23. The summed E-state index contributed by atoms with van der Waals surface area (Å²) in [5.74, 6) is -0.196. The van der Waals surface area contributed by atoms with Crippen LogP contribution >= 0.6 is 0 Å². The first-order valence-electron chi connectivity index (χ1n) is 8.49. The maximum absolute atomic E-state index is 12.7. The molecular formula is C20H20F3NO3. The van der Waals surface area contributed by atoms with Crippen molar-refractivity contribution in [3.63, 3.8) is 0 Å². The molecule has 4 nitrogen and oxygen atoms in total. The summed E-state index contributed by atoms with van der Waals surface area (Å²) >= 11 is 0. The van der Waals surface area contributed by atoms with Crippen molar-refractivity contribution in [1.29, 1.82) is 0 Å². The Hall–Kier alpha value is -2.54. The van der Waals surface area contributed by atoms with E-state index in [1.54, 1.807) is 0 Å². The van der Waals surface area contributed by atoms with E-state index in [2.05, 4.69) is 5.32 Å². The Morgan fingerprint density at radius 3 is 2.04 bits per heavy atom. The molecule has 0 saturated carbocycles. The quantitative estimate of drug-likeness (QED) is 0.836. The molecule has 1 unspecified atom stereocenters. The van der Waals surface area contributed by atoms with Crippen molar-refractivity contribution in [2.24, 2.45) is 0 Å². The van der Waals surface area contributed by atoms with Crippen LogP contribution in [0.4, 0.5) is 18.0 Å². The van der Waals surface area contributed by atoms with Crippen molar-refractivity contribution in [1.82, 2.24) is 5.32 Å². The maximum atomic E-state index is 12.7. The number of hydrogen-bond donors (Lipinski definition) is 2. The molecule has 144 valence electrons. The largest absolute Gasteiger partial charge is 0.449 e. The lowest BCUT2D eigenvalue weighted by Gasteiger charge is -2.32. The van der Waals surface area contributed by atoms with E-state index in [1.165, 1.54) is 0 Å². The number of aliphatic hydroxyl groups is 1. The molecule has 2 aromatic carbocycles. The molecule has 0 aromatic heterocycles. The SMILES string of the molecule is CC(C)(NC(=O)OCC1c2ccccc2-c2ccccc21)C(O)C(F)(F)F. The standard InChI is InChI=1S/C20H20F3NO3/c1-19(2,17(25)20(21,22)23)24-18(26)27-11-16-14-9-5-3-7-12(14)13-8-4-6-10-15(13)16/h3-10,16-17,25H,11H2,1-2H3,(H,24,26). The molecule has 0 saturated heterocycles. The molecule has 27 heavy (non-hydrogen) atoms. The number of alkyl halides is 3. The summed E-state index contributed by atoms with van der Waals surface area (Å²) in [5.41, 5.74) is 2.19. The number of fused-ring (bicyclic) bond motifs is 3. The zero-order valence-electron chi connectivity index (χ0n) is 14.9. The number of halogens is 3. The van der Waals surface area contributed by atoms with E-state index in [1.807, 2.05) is 48.5 Å². The molecule has 3 rings (SSSR count). The Morgan fingerprint density at radius 1 is 1.07 bits per heavy atom.